The molecular weight excluding hydrogens is 355 g/mol. The first-order valence-corrected chi connectivity index (χ1v) is 8.38. The highest BCUT2D eigenvalue weighted by Crippen LogP contribution is 2.25. The topological polar surface area (TPSA) is 57.3 Å². The highest BCUT2D eigenvalue weighted by molar-refractivity contribution is 5.90. The van der Waals surface area contributed by atoms with Crippen molar-refractivity contribution < 1.29 is 9.18 Å². The number of hydrogen-bond acceptors (Lipinski definition) is 3. The van der Waals surface area contributed by atoms with Gasteiger partial charge < -0.3 is 15.5 Å². The third-order valence-corrected chi connectivity index (χ3v) is 4.66. The van der Waals surface area contributed by atoms with E-state index in [1.54, 1.807) is 11.1 Å². The maximum Gasteiger partial charge on any atom is 0.322 e. The highest BCUT2D eigenvalue weighted by atomic mass is 35.5. The van der Waals surface area contributed by atoms with Gasteiger partial charge >= 0.3 is 6.03 Å². The molecule has 1 aromatic carbocycles. The van der Waals surface area contributed by atoms with Crippen LogP contribution in [-0.2, 0) is 13.1 Å². The van der Waals surface area contributed by atoms with Crippen LogP contribution in [0.25, 0.3) is 5.57 Å². The number of rotatable bonds is 2. The Hall–Kier alpha value is -2.44. The van der Waals surface area contributed by atoms with Gasteiger partial charge in [-0.3, -0.25) is 4.98 Å². The van der Waals surface area contributed by atoms with Crippen LogP contribution in [0.3, 0.4) is 0 Å². The van der Waals surface area contributed by atoms with Crippen molar-refractivity contribution in [2.45, 2.75) is 19.5 Å². The second-order valence-corrected chi connectivity index (χ2v) is 6.31. The summed E-state index contributed by atoms with van der Waals surface area (Å²) in [5.41, 5.74) is 4.57. The zero-order valence-corrected chi connectivity index (χ0v) is 15.0. The summed E-state index contributed by atoms with van der Waals surface area (Å²) in [6.07, 6.45) is 6.01. The number of urea groups is 1. The number of nitrogens with one attached hydrogen (secondary N) is 2. The fourth-order valence-corrected chi connectivity index (χ4v) is 3.27. The monoisotopic (exact) mass is 374 g/mol. The fraction of sp³-hybridized carbons (Fsp3) is 0.263. The first-order chi connectivity index (χ1) is 12.2. The summed E-state index contributed by atoms with van der Waals surface area (Å²) in [6.45, 7) is 2.54. The molecule has 2 amide bonds. The van der Waals surface area contributed by atoms with Gasteiger partial charge in [-0.1, -0.05) is 18.2 Å². The van der Waals surface area contributed by atoms with E-state index in [1.165, 1.54) is 17.3 Å². The molecule has 0 atom stereocenters. The Labute approximate surface area is 157 Å². The maximum absolute atomic E-state index is 13.7. The Morgan fingerprint density at radius 1 is 1.19 bits per heavy atom. The summed E-state index contributed by atoms with van der Waals surface area (Å²) in [4.78, 5) is 17.9. The number of anilines is 1. The number of aromatic nitrogens is 1. The van der Waals surface area contributed by atoms with E-state index in [-0.39, 0.29) is 30.8 Å². The number of hydrogen-bond donors (Lipinski definition) is 2. The first-order valence-electron chi connectivity index (χ1n) is 8.38. The number of carbonyl (C=O) groups excluding carboxylic acids is 1. The van der Waals surface area contributed by atoms with E-state index in [1.807, 2.05) is 24.3 Å². The third-order valence-electron chi connectivity index (χ3n) is 4.66. The molecule has 2 aliphatic heterocycles. The fourth-order valence-electron chi connectivity index (χ4n) is 3.27. The summed E-state index contributed by atoms with van der Waals surface area (Å²) in [7, 11) is 0. The SMILES string of the molecule is Cl.O=C(Nc1ccc(C2=CCNCC2)cc1)N1Cc2cncc(F)c2C1. The molecule has 1 aromatic heterocycles. The lowest BCUT2D eigenvalue weighted by Gasteiger charge is -2.17. The normalized spacial score (nSPS) is 15.7. The number of nitrogens with zero attached hydrogens (tertiary/aromatic N) is 2. The van der Waals surface area contributed by atoms with Crippen molar-refractivity contribution >= 4 is 29.7 Å². The molecule has 2 aliphatic rings. The van der Waals surface area contributed by atoms with E-state index >= 15 is 0 Å². The van der Waals surface area contributed by atoms with Crippen LogP contribution in [0, 0.1) is 5.82 Å². The zero-order chi connectivity index (χ0) is 17.2. The summed E-state index contributed by atoms with van der Waals surface area (Å²) in [5, 5.41) is 6.18. The number of benzene rings is 1. The van der Waals surface area contributed by atoms with E-state index in [9.17, 15) is 9.18 Å². The molecular formula is C19H20ClFN4O. The van der Waals surface area contributed by atoms with E-state index < -0.39 is 0 Å². The van der Waals surface area contributed by atoms with Crippen LogP contribution in [0.4, 0.5) is 14.9 Å². The van der Waals surface area contributed by atoms with Gasteiger partial charge in [-0.25, -0.2) is 9.18 Å². The van der Waals surface area contributed by atoms with Crippen molar-refractivity contribution in [3.63, 3.8) is 0 Å². The first kappa shape index (κ1) is 18.4. The van der Waals surface area contributed by atoms with Crippen LogP contribution < -0.4 is 10.6 Å². The lowest BCUT2D eigenvalue weighted by atomic mass is 10.0. The lowest BCUT2D eigenvalue weighted by molar-refractivity contribution is 0.212. The number of halogens is 2. The Balaban J connectivity index is 0.00000196. The zero-order valence-electron chi connectivity index (χ0n) is 14.2. The average Bonchev–Trinajstić information content (AvgIpc) is 3.09. The van der Waals surface area contributed by atoms with Crippen LogP contribution in [-0.4, -0.2) is 29.0 Å². The van der Waals surface area contributed by atoms with Gasteiger partial charge in [-0.15, -0.1) is 12.4 Å². The molecule has 26 heavy (non-hydrogen) atoms. The molecule has 0 radical (unpaired) electrons. The molecule has 0 aliphatic carbocycles. The molecule has 5 nitrogen and oxygen atoms in total. The largest absolute Gasteiger partial charge is 0.322 e. The summed E-state index contributed by atoms with van der Waals surface area (Å²) in [6, 6.07) is 7.62. The minimum Gasteiger partial charge on any atom is -0.316 e. The van der Waals surface area contributed by atoms with Gasteiger partial charge in [0.2, 0.25) is 0 Å². The Morgan fingerprint density at radius 2 is 2.00 bits per heavy atom. The van der Waals surface area contributed by atoms with Crippen molar-refractivity contribution in [2.24, 2.45) is 0 Å². The van der Waals surface area contributed by atoms with Crippen LogP contribution in [0.15, 0.2) is 42.7 Å². The van der Waals surface area contributed by atoms with Crippen LogP contribution in [0.2, 0.25) is 0 Å². The minimum absolute atomic E-state index is 0. The number of carbonyl (C=O) groups is 1. The Kier molecular flexibility index (Phi) is 5.54. The summed E-state index contributed by atoms with van der Waals surface area (Å²) in [5.74, 6) is -0.354. The van der Waals surface area contributed by atoms with Gasteiger partial charge in [0.15, 0.2) is 0 Å². The standard InChI is InChI=1S/C19H19FN4O.ClH/c20-18-10-22-9-15-11-24(12-17(15)18)19(25)23-16-3-1-13(2-4-16)14-5-7-21-8-6-14;/h1-5,9-10,21H,6-8,11-12H2,(H,23,25);1H. The molecule has 2 aromatic rings. The summed E-state index contributed by atoms with van der Waals surface area (Å²) >= 11 is 0. The van der Waals surface area contributed by atoms with Gasteiger partial charge in [-0.05, 0) is 41.8 Å². The van der Waals surface area contributed by atoms with Crippen LogP contribution >= 0.6 is 12.4 Å². The van der Waals surface area contributed by atoms with Crippen molar-refractivity contribution in [3.8, 4) is 0 Å². The summed E-state index contributed by atoms with van der Waals surface area (Å²) < 4.78 is 13.7. The van der Waals surface area contributed by atoms with Gasteiger partial charge in [-0.2, -0.15) is 0 Å². The van der Waals surface area contributed by atoms with Gasteiger partial charge in [0.05, 0.1) is 12.7 Å². The number of amides is 2. The Bertz CT molecular complexity index is 838. The van der Waals surface area contributed by atoms with E-state index in [2.05, 4.69) is 21.7 Å². The molecule has 0 saturated carbocycles. The molecule has 7 heteroatoms. The van der Waals surface area contributed by atoms with E-state index in [4.69, 9.17) is 0 Å². The second kappa shape index (κ2) is 7.85. The molecule has 4 rings (SSSR count). The quantitative estimate of drug-likeness (QED) is 0.845. The molecule has 0 bridgehead atoms. The predicted octanol–water partition coefficient (Wildman–Crippen LogP) is 3.57. The van der Waals surface area contributed by atoms with Crippen molar-refractivity contribution in [2.75, 3.05) is 18.4 Å². The van der Waals surface area contributed by atoms with E-state index in [0.717, 1.165) is 30.8 Å². The minimum atomic E-state index is -0.354. The number of fused-ring (bicyclic) bond motifs is 1. The molecule has 0 saturated heterocycles. The van der Waals surface area contributed by atoms with Gasteiger partial charge in [0, 0.05) is 30.5 Å². The van der Waals surface area contributed by atoms with Crippen LogP contribution in [0.1, 0.15) is 23.1 Å². The van der Waals surface area contributed by atoms with E-state index in [0.29, 0.717) is 12.1 Å². The average molecular weight is 375 g/mol. The number of pyridine rings is 1. The molecule has 0 fully saturated rings. The smallest absolute Gasteiger partial charge is 0.316 e. The molecule has 0 spiro atoms. The third kappa shape index (κ3) is 3.71. The Morgan fingerprint density at radius 3 is 2.69 bits per heavy atom. The molecule has 2 N–H and O–H groups in total. The van der Waals surface area contributed by atoms with Gasteiger partial charge in [0.1, 0.15) is 5.82 Å². The predicted molar refractivity (Wildman–Crippen MR) is 102 cm³/mol. The maximum atomic E-state index is 13.7. The molecule has 0 unspecified atom stereocenters. The van der Waals surface area contributed by atoms with Crippen molar-refractivity contribution in [1.82, 2.24) is 15.2 Å². The van der Waals surface area contributed by atoms with Crippen LogP contribution in [0.5, 0.6) is 0 Å². The molecule has 3 heterocycles. The second-order valence-electron chi connectivity index (χ2n) is 6.31. The molecule has 136 valence electrons. The van der Waals surface area contributed by atoms with Gasteiger partial charge in [0.25, 0.3) is 0 Å². The highest BCUT2D eigenvalue weighted by Gasteiger charge is 2.26. The van der Waals surface area contributed by atoms with Crippen molar-refractivity contribution in [1.29, 1.82) is 0 Å². The van der Waals surface area contributed by atoms with Crippen molar-refractivity contribution in [3.05, 3.63) is 65.2 Å². The lowest BCUT2D eigenvalue weighted by Crippen LogP contribution is -2.30.